The summed E-state index contributed by atoms with van der Waals surface area (Å²) in [5.74, 6) is -0.897. The Bertz CT molecular complexity index is 722. The molecule has 1 amide bonds. The Morgan fingerprint density at radius 1 is 1.40 bits per heavy atom. The molecule has 134 valence electrons. The van der Waals surface area contributed by atoms with E-state index in [2.05, 4.69) is 5.32 Å². The molecule has 0 aliphatic rings. The molecule has 0 bridgehead atoms. The summed E-state index contributed by atoms with van der Waals surface area (Å²) in [5.41, 5.74) is 0.539. The van der Waals surface area contributed by atoms with E-state index in [1.54, 1.807) is 32.9 Å². The summed E-state index contributed by atoms with van der Waals surface area (Å²) < 4.78 is 11.4. The standard InChI is InChI=1S/C17H19IN2O5/c1-4-24-14-7-11(5-12(8-19)17(23)20-10(2)3)6-13(18)16(14)25-9-15(21)22/h5-7,10H,4,9H2,1-3H3,(H,20,23)(H,21,22)/b12-5-. The third-order valence-corrected chi connectivity index (χ3v) is 3.57. The molecule has 1 rings (SSSR count). The number of aliphatic carboxylic acids is 1. The van der Waals surface area contributed by atoms with Gasteiger partial charge in [0.05, 0.1) is 10.2 Å². The molecule has 0 aliphatic heterocycles. The van der Waals surface area contributed by atoms with Gasteiger partial charge in [0.1, 0.15) is 11.6 Å². The number of carbonyl (C=O) groups excluding carboxylic acids is 1. The van der Waals surface area contributed by atoms with Gasteiger partial charge in [-0.2, -0.15) is 5.26 Å². The van der Waals surface area contributed by atoms with Crippen LogP contribution in [0.5, 0.6) is 11.5 Å². The van der Waals surface area contributed by atoms with E-state index in [0.717, 1.165) is 0 Å². The second-order valence-electron chi connectivity index (χ2n) is 5.24. The fourth-order valence-corrected chi connectivity index (χ4v) is 2.64. The molecule has 2 N–H and O–H groups in total. The molecular formula is C17H19IN2O5. The fraction of sp³-hybridized carbons (Fsp3) is 0.353. The minimum Gasteiger partial charge on any atom is -0.490 e. The van der Waals surface area contributed by atoms with Gasteiger partial charge in [-0.1, -0.05) is 0 Å². The number of hydrogen-bond acceptors (Lipinski definition) is 5. The molecule has 8 heteroatoms. The SMILES string of the molecule is CCOc1cc(/C=C(/C#N)C(=O)NC(C)C)cc(I)c1OCC(=O)O. The van der Waals surface area contributed by atoms with Crippen LogP contribution in [0.3, 0.4) is 0 Å². The van der Waals surface area contributed by atoms with E-state index >= 15 is 0 Å². The fourth-order valence-electron chi connectivity index (χ4n) is 1.86. The first-order valence-corrected chi connectivity index (χ1v) is 8.59. The molecule has 0 heterocycles. The first-order valence-electron chi connectivity index (χ1n) is 7.52. The largest absolute Gasteiger partial charge is 0.490 e. The van der Waals surface area contributed by atoms with E-state index in [-0.39, 0.29) is 11.6 Å². The second kappa shape index (κ2) is 9.88. The minimum atomic E-state index is -1.10. The third-order valence-electron chi connectivity index (χ3n) is 2.77. The van der Waals surface area contributed by atoms with Gasteiger partial charge in [-0.25, -0.2) is 4.79 Å². The Kier molecular flexibility index (Phi) is 8.21. The van der Waals surface area contributed by atoms with Crippen molar-refractivity contribution in [2.24, 2.45) is 0 Å². The molecule has 0 atom stereocenters. The highest BCUT2D eigenvalue weighted by molar-refractivity contribution is 14.1. The Balaban J connectivity index is 3.24. The number of nitriles is 1. The van der Waals surface area contributed by atoms with Crippen LogP contribution in [0.1, 0.15) is 26.3 Å². The lowest BCUT2D eigenvalue weighted by Crippen LogP contribution is -2.30. The highest BCUT2D eigenvalue weighted by Crippen LogP contribution is 2.35. The van der Waals surface area contributed by atoms with Gasteiger partial charge in [0, 0.05) is 6.04 Å². The van der Waals surface area contributed by atoms with Gasteiger partial charge in [-0.3, -0.25) is 4.79 Å². The molecular weight excluding hydrogens is 439 g/mol. The Hall–Kier alpha value is -2.28. The van der Waals surface area contributed by atoms with Gasteiger partial charge in [-0.05, 0) is 67.1 Å². The summed E-state index contributed by atoms with van der Waals surface area (Å²) >= 11 is 1.98. The van der Waals surface area contributed by atoms with Crippen molar-refractivity contribution in [2.75, 3.05) is 13.2 Å². The molecule has 0 radical (unpaired) electrons. The highest BCUT2D eigenvalue weighted by Gasteiger charge is 2.15. The van der Waals surface area contributed by atoms with Crippen molar-refractivity contribution in [3.63, 3.8) is 0 Å². The summed E-state index contributed by atoms with van der Waals surface area (Å²) in [5, 5.41) is 20.6. The smallest absolute Gasteiger partial charge is 0.341 e. The molecule has 0 spiro atoms. The molecule has 1 aromatic rings. The third kappa shape index (κ3) is 6.62. The number of ether oxygens (including phenoxy) is 2. The first-order chi connectivity index (χ1) is 11.8. The van der Waals surface area contributed by atoms with E-state index in [9.17, 15) is 14.9 Å². The van der Waals surface area contributed by atoms with Gasteiger partial charge in [0.2, 0.25) is 0 Å². The van der Waals surface area contributed by atoms with Gasteiger partial charge in [0.25, 0.3) is 5.91 Å². The van der Waals surface area contributed by atoms with Crippen molar-refractivity contribution < 1.29 is 24.2 Å². The van der Waals surface area contributed by atoms with Gasteiger partial charge in [0.15, 0.2) is 18.1 Å². The summed E-state index contributed by atoms with van der Waals surface area (Å²) in [6.45, 7) is 5.25. The molecule has 7 nitrogen and oxygen atoms in total. The van der Waals surface area contributed by atoms with Crippen LogP contribution >= 0.6 is 22.6 Å². The molecule has 0 fully saturated rings. The number of halogens is 1. The van der Waals surface area contributed by atoms with Crippen LogP contribution in [0.25, 0.3) is 6.08 Å². The lowest BCUT2D eigenvalue weighted by atomic mass is 10.1. The number of carboxylic acid groups (broad SMARTS) is 1. The van der Waals surface area contributed by atoms with Crippen LogP contribution in [-0.2, 0) is 9.59 Å². The maximum Gasteiger partial charge on any atom is 0.341 e. The van der Waals surface area contributed by atoms with E-state index in [0.29, 0.717) is 27.2 Å². The molecule has 0 unspecified atom stereocenters. The van der Waals surface area contributed by atoms with E-state index in [1.165, 1.54) is 6.08 Å². The zero-order valence-electron chi connectivity index (χ0n) is 14.1. The predicted molar refractivity (Wildman–Crippen MR) is 100 cm³/mol. The summed E-state index contributed by atoms with van der Waals surface area (Å²) in [4.78, 5) is 22.7. The monoisotopic (exact) mass is 458 g/mol. The summed E-state index contributed by atoms with van der Waals surface area (Å²) in [6.07, 6.45) is 1.45. The van der Waals surface area contributed by atoms with Crippen LogP contribution < -0.4 is 14.8 Å². The van der Waals surface area contributed by atoms with Crippen LogP contribution in [0.4, 0.5) is 0 Å². The number of rotatable bonds is 8. The van der Waals surface area contributed by atoms with Crippen molar-refractivity contribution in [1.29, 1.82) is 5.26 Å². The number of hydrogen-bond donors (Lipinski definition) is 2. The normalized spacial score (nSPS) is 11.0. The Morgan fingerprint density at radius 3 is 2.60 bits per heavy atom. The van der Waals surface area contributed by atoms with Gasteiger partial charge >= 0.3 is 5.97 Å². The first kappa shape index (κ1) is 20.8. The summed E-state index contributed by atoms with van der Waals surface area (Å²) in [7, 11) is 0. The lowest BCUT2D eigenvalue weighted by Gasteiger charge is -2.14. The average molecular weight is 458 g/mol. The van der Waals surface area contributed by atoms with Gasteiger partial charge < -0.3 is 19.9 Å². The molecule has 0 aromatic heterocycles. The van der Waals surface area contributed by atoms with E-state index < -0.39 is 18.5 Å². The van der Waals surface area contributed by atoms with Crippen molar-refractivity contribution in [3.8, 4) is 17.6 Å². The van der Waals surface area contributed by atoms with Crippen molar-refractivity contribution >= 4 is 40.5 Å². The zero-order chi connectivity index (χ0) is 19.0. The second-order valence-corrected chi connectivity index (χ2v) is 6.41. The quantitative estimate of drug-likeness (QED) is 0.352. The van der Waals surface area contributed by atoms with Crippen LogP contribution in [-0.4, -0.2) is 36.2 Å². The maximum absolute atomic E-state index is 12.0. The van der Waals surface area contributed by atoms with Gasteiger partial charge in [-0.15, -0.1) is 0 Å². The lowest BCUT2D eigenvalue weighted by molar-refractivity contribution is -0.139. The topological polar surface area (TPSA) is 109 Å². The molecule has 0 aliphatic carbocycles. The number of carboxylic acids is 1. The number of benzene rings is 1. The maximum atomic E-state index is 12.0. The van der Waals surface area contributed by atoms with Crippen molar-refractivity contribution in [2.45, 2.75) is 26.8 Å². The molecule has 0 saturated heterocycles. The molecule has 25 heavy (non-hydrogen) atoms. The predicted octanol–water partition coefficient (Wildman–Crippen LogP) is 2.58. The molecule has 0 saturated carbocycles. The average Bonchev–Trinajstić information content (AvgIpc) is 2.51. The van der Waals surface area contributed by atoms with Crippen LogP contribution in [0.2, 0.25) is 0 Å². The number of carbonyl (C=O) groups is 2. The van der Waals surface area contributed by atoms with Crippen molar-refractivity contribution in [3.05, 3.63) is 26.8 Å². The van der Waals surface area contributed by atoms with Crippen LogP contribution in [0.15, 0.2) is 17.7 Å². The summed E-state index contributed by atoms with van der Waals surface area (Å²) in [6, 6.07) is 5.07. The number of nitrogens with zero attached hydrogens (tertiary/aromatic N) is 1. The van der Waals surface area contributed by atoms with Crippen molar-refractivity contribution in [1.82, 2.24) is 5.32 Å². The Morgan fingerprint density at radius 2 is 2.08 bits per heavy atom. The van der Waals surface area contributed by atoms with E-state index in [4.69, 9.17) is 14.6 Å². The zero-order valence-corrected chi connectivity index (χ0v) is 16.3. The Labute approximate surface area is 159 Å². The number of amides is 1. The number of nitrogens with one attached hydrogen (secondary N) is 1. The highest BCUT2D eigenvalue weighted by atomic mass is 127. The molecule has 1 aromatic carbocycles. The van der Waals surface area contributed by atoms with Crippen LogP contribution in [0, 0.1) is 14.9 Å². The van der Waals surface area contributed by atoms with E-state index in [1.807, 2.05) is 28.7 Å². The minimum absolute atomic E-state index is 0.0360.